The first-order valence-electron chi connectivity index (χ1n) is 13.3. The van der Waals surface area contributed by atoms with Crippen molar-refractivity contribution in [3.05, 3.63) is 125 Å². The van der Waals surface area contributed by atoms with E-state index in [0.717, 1.165) is 22.6 Å². The summed E-state index contributed by atoms with van der Waals surface area (Å²) < 4.78 is 13.2. The number of thiazole rings is 1. The first-order chi connectivity index (χ1) is 20.3. The molecule has 0 saturated carbocycles. The van der Waals surface area contributed by atoms with Crippen LogP contribution in [0, 0.1) is 0 Å². The number of halogens is 1. The van der Waals surface area contributed by atoms with Gasteiger partial charge in [0.1, 0.15) is 10.3 Å². The molecule has 0 fully saturated rings. The van der Waals surface area contributed by atoms with E-state index in [-0.39, 0.29) is 22.6 Å². The molecule has 2 aliphatic rings. The highest BCUT2D eigenvalue weighted by Crippen LogP contribution is 2.37. The highest BCUT2D eigenvalue weighted by atomic mass is 79.9. The molecular weight excluding hydrogens is 618 g/mol. The third-order valence-corrected chi connectivity index (χ3v) is 8.99. The second-order valence-corrected chi connectivity index (χ2v) is 11.6. The number of methoxy groups -OCH3 is 1. The maximum atomic E-state index is 14.4. The van der Waals surface area contributed by atoms with Crippen LogP contribution in [-0.4, -0.2) is 30.2 Å². The van der Waals surface area contributed by atoms with Crippen molar-refractivity contribution in [3.8, 4) is 5.75 Å². The summed E-state index contributed by atoms with van der Waals surface area (Å²) in [7, 11) is 1.57. The number of nitrogens with zero attached hydrogens (tertiary/aromatic N) is 3. The van der Waals surface area contributed by atoms with Crippen LogP contribution in [0.25, 0.3) is 5.57 Å². The predicted molar refractivity (Wildman–Crippen MR) is 164 cm³/mol. The Morgan fingerprint density at radius 2 is 1.79 bits per heavy atom. The fourth-order valence-electron chi connectivity index (χ4n) is 5.43. The van der Waals surface area contributed by atoms with Gasteiger partial charge in [-0.25, -0.2) is 9.79 Å². The van der Waals surface area contributed by atoms with Gasteiger partial charge in [0.25, 0.3) is 11.5 Å². The van der Waals surface area contributed by atoms with Gasteiger partial charge in [0.05, 0.1) is 53.3 Å². The van der Waals surface area contributed by atoms with E-state index in [0.29, 0.717) is 44.0 Å². The zero-order valence-corrected chi connectivity index (χ0v) is 25.5. The topological polar surface area (TPSA) is 90.2 Å². The summed E-state index contributed by atoms with van der Waals surface area (Å²) in [6.07, 6.45) is 0. The Kier molecular flexibility index (Phi) is 7.42. The number of esters is 1. The predicted octanol–water partition coefficient (Wildman–Crippen LogP) is 4.49. The number of carbonyl (C=O) groups excluding carboxylic acids is 2. The lowest BCUT2D eigenvalue weighted by atomic mass is 9.96. The zero-order chi connectivity index (χ0) is 29.5. The van der Waals surface area contributed by atoms with Gasteiger partial charge in [-0.2, -0.15) is 0 Å². The number of hydrogen-bond donors (Lipinski definition) is 0. The van der Waals surface area contributed by atoms with Gasteiger partial charge in [0.2, 0.25) is 0 Å². The molecule has 0 aliphatic carbocycles. The molecule has 0 N–H and O–H groups in total. The van der Waals surface area contributed by atoms with E-state index < -0.39 is 17.6 Å². The zero-order valence-electron chi connectivity index (χ0n) is 23.1. The van der Waals surface area contributed by atoms with Gasteiger partial charge in [0, 0.05) is 5.56 Å². The average molecular weight is 645 g/mol. The average Bonchev–Trinajstić information content (AvgIpc) is 3.45. The monoisotopic (exact) mass is 643 g/mol. The van der Waals surface area contributed by atoms with Gasteiger partial charge in [-0.05, 0) is 59.1 Å². The number of aromatic nitrogens is 1. The van der Waals surface area contributed by atoms with Crippen molar-refractivity contribution in [1.82, 2.24) is 4.57 Å². The van der Waals surface area contributed by atoms with Crippen molar-refractivity contribution in [2.24, 2.45) is 4.99 Å². The number of hydrogen-bond acceptors (Lipinski definition) is 7. The van der Waals surface area contributed by atoms with Crippen LogP contribution in [0.15, 0.2) is 98.3 Å². The molecule has 0 unspecified atom stereocenters. The van der Waals surface area contributed by atoms with E-state index in [4.69, 9.17) is 9.47 Å². The maximum absolute atomic E-state index is 14.4. The number of fused-ring (bicyclic) bond motifs is 2. The lowest BCUT2D eigenvalue weighted by molar-refractivity contribution is -0.139. The summed E-state index contributed by atoms with van der Waals surface area (Å²) in [6, 6.07) is 21.8. The quantitative estimate of drug-likeness (QED) is 0.289. The Morgan fingerprint density at radius 1 is 1.05 bits per heavy atom. The third-order valence-electron chi connectivity index (χ3n) is 7.32. The summed E-state index contributed by atoms with van der Waals surface area (Å²) >= 11 is 4.69. The number of carbonyl (C=O) groups is 2. The van der Waals surface area contributed by atoms with Crippen LogP contribution in [0.3, 0.4) is 0 Å². The summed E-state index contributed by atoms with van der Waals surface area (Å²) in [5, 5.41) is 0. The molecule has 0 radical (unpaired) electrons. The van der Waals surface area contributed by atoms with Crippen LogP contribution in [0.1, 0.15) is 36.6 Å². The molecule has 1 atom stereocenters. The molecule has 3 heterocycles. The SMILES string of the molecule is CCOC(=O)C1=C(C)N=c2s/c(=C3\C(=O)N(Cc4ccccc4)c4ccccc43)c(=O)n2[C@@H]1c1ccc(OC)c(Br)c1. The normalized spacial score (nSPS) is 17.1. The van der Waals surface area contributed by atoms with E-state index in [1.807, 2.05) is 66.7 Å². The van der Waals surface area contributed by atoms with Crippen molar-refractivity contribution in [2.45, 2.75) is 26.4 Å². The molecule has 212 valence electrons. The minimum Gasteiger partial charge on any atom is -0.496 e. The smallest absolute Gasteiger partial charge is 0.338 e. The molecule has 10 heteroatoms. The maximum Gasteiger partial charge on any atom is 0.338 e. The van der Waals surface area contributed by atoms with Crippen LogP contribution < -0.4 is 24.5 Å². The number of anilines is 1. The van der Waals surface area contributed by atoms with Gasteiger partial charge in [-0.15, -0.1) is 0 Å². The van der Waals surface area contributed by atoms with Crippen LogP contribution >= 0.6 is 27.3 Å². The highest BCUT2D eigenvalue weighted by Gasteiger charge is 2.37. The van der Waals surface area contributed by atoms with Gasteiger partial charge >= 0.3 is 5.97 Å². The number of allylic oxidation sites excluding steroid dienone is 1. The van der Waals surface area contributed by atoms with Crippen molar-refractivity contribution >= 4 is 50.4 Å². The number of benzene rings is 3. The second-order valence-electron chi connectivity index (χ2n) is 9.79. The molecule has 3 aromatic carbocycles. The van der Waals surface area contributed by atoms with Crippen LogP contribution in [0.4, 0.5) is 5.69 Å². The number of ether oxygens (including phenoxy) is 2. The molecule has 6 rings (SSSR count). The highest BCUT2D eigenvalue weighted by molar-refractivity contribution is 9.10. The van der Waals surface area contributed by atoms with Crippen molar-refractivity contribution < 1.29 is 19.1 Å². The van der Waals surface area contributed by atoms with Gasteiger partial charge in [-0.3, -0.25) is 14.2 Å². The molecule has 0 saturated heterocycles. The van der Waals surface area contributed by atoms with Crippen LogP contribution in [-0.2, 0) is 20.9 Å². The first-order valence-corrected chi connectivity index (χ1v) is 15.0. The minimum absolute atomic E-state index is 0.172. The third kappa shape index (κ3) is 4.60. The van der Waals surface area contributed by atoms with Gasteiger partial charge in [-0.1, -0.05) is 65.9 Å². The standard InChI is InChI=1S/C32H26BrN3O5S/c1-4-41-31(39)25-18(2)34-32-36(27(25)20-14-15-24(40-3)22(33)16-20)30(38)28(42-32)26-21-12-8-9-13-23(21)35(29(26)37)17-19-10-6-5-7-11-19/h5-16,27H,4,17H2,1-3H3/b28-26-/t27-/m1/s1. The molecule has 0 bridgehead atoms. The van der Waals surface area contributed by atoms with E-state index >= 15 is 0 Å². The first kappa shape index (κ1) is 27.9. The fourth-order valence-corrected chi connectivity index (χ4v) is 7.13. The summed E-state index contributed by atoms with van der Waals surface area (Å²) in [6.45, 7) is 4.00. The Balaban J connectivity index is 1.58. The Hall–Kier alpha value is -4.28. The van der Waals surface area contributed by atoms with Crippen LogP contribution in [0.2, 0.25) is 0 Å². The number of para-hydroxylation sites is 1. The molecular formula is C32H26BrN3O5S. The molecule has 8 nitrogen and oxygen atoms in total. The lowest BCUT2D eigenvalue weighted by Crippen LogP contribution is -2.41. The number of rotatable bonds is 6. The van der Waals surface area contributed by atoms with Crippen molar-refractivity contribution in [2.75, 3.05) is 18.6 Å². The van der Waals surface area contributed by atoms with E-state index in [9.17, 15) is 14.4 Å². The van der Waals surface area contributed by atoms with E-state index in [1.165, 1.54) is 4.57 Å². The Labute approximate surface area is 254 Å². The van der Waals surface area contributed by atoms with Gasteiger partial charge in [0.15, 0.2) is 4.80 Å². The minimum atomic E-state index is -0.816. The summed E-state index contributed by atoms with van der Waals surface area (Å²) in [5.74, 6) is -0.196. The summed E-state index contributed by atoms with van der Waals surface area (Å²) in [5.41, 5.74) is 3.72. The number of amides is 1. The van der Waals surface area contributed by atoms with E-state index in [1.54, 1.807) is 31.9 Å². The molecule has 1 amide bonds. The lowest BCUT2D eigenvalue weighted by Gasteiger charge is -2.25. The molecule has 42 heavy (non-hydrogen) atoms. The van der Waals surface area contributed by atoms with Crippen molar-refractivity contribution in [1.29, 1.82) is 0 Å². The summed E-state index contributed by atoms with van der Waals surface area (Å²) in [4.78, 5) is 48.4. The van der Waals surface area contributed by atoms with Crippen LogP contribution in [0.5, 0.6) is 5.75 Å². The van der Waals surface area contributed by atoms with Crippen molar-refractivity contribution in [3.63, 3.8) is 0 Å². The van der Waals surface area contributed by atoms with E-state index in [2.05, 4.69) is 20.9 Å². The molecule has 1 aromatic heterocycles. The second kappa shape index (κ2) is 11.2. The molecule has 4 aromatic rings. The Morgan fingerprint density at radius 3 is 2.50 bits per heavy atom. The molecule has 0 spiro atoms. The fraction of sp³-hybridized carbons (Fsp3) is 0.188. The molecule has 2 aliphatic heterocycles. The largest absolute Gasteiger partial charge is 0.496 e. The Bertz CT molecular complexity index is 1960. The van der Waals surface area contributed by atoms with Gasteiger partial charge < -0.3 is 14.4 Å².